The van der Waals surface area contributed by atoms with Crippen molar-refractivity contribution < 1.29 is 14.7 Å². The van der Waals surface area contributed by atoms with Crippen LogP contribution in [-0.4, -0.2) is 42.7 Å². The highest BCUT2D eigenvalue weighted by atomic mass is 16.3. The number of nitrogens with one attached hydrogen (secondary N) is 2. The summed E-state index contributed by atoms with van der Waals surface area (Å²) in [5.74, 6) is -1.02. The van der Waals surface area contributed by atoms with Crippen LogP contribution in [0.2, 0.25) is 0 Å². The van der Waals surface area contributed by atoms with Gasteiger partial charge >= 0.3 is 0 Å². The second kappa shape index (κ2) is 5.50. The molecule has 0 bridgehead atoms. The predicted octanol–water partition coefficient (Wildman–Crippen LogP) is -2.44. The van der Waals surface area contributed by atoms with E-state index in [0.29, 0.717) is 0 Å². The number of nitrogens with two attached hydrogens (primary N) is 1. The lowest BCUT2D eigenvalue weighted by Crippen LogP contribution is -2.46. The van der Waals surface area contributed by atoms with Crippen LogP contribution < -0.4 is 16.4 Å². The number of primary amides is 1. The third-order valence-corrected chi connectivity index (χ3v) is 1.59. The SMILES string of the molecule is CNC(=O)C(C)NCC(O)C(N)=O. The molecular weight excluding hydrogens is 174 g/mol. The van der Waals surface area contributed by atoms with Gasteiger partial charge in [-0.3, -0.25) is 9.59 Å². The largest absolute Gasteiger partial charge is 0.382 e. The van der Waals surface area contributed by atoms with E-state index in [-0.39, 0.29) is 12.5 Å². The average molecular weight is 189 g/mol. The number of amides is 2. The van der Waals surface area contributed by atoms with Crippen LogP contribution in [0.1, 0.15) is 6.92 Å². The molecule has 0 fully saturated rings. The van der Waals surface area contributed by atoms with E-state index in [9.17, 15) is 9.59 Å². The monoisotopic (exact) mass is 189 g/mol. The first kappa shape index (κ1) is 11.9. The highest BCUT2D eigenvalue weighted by Gasteiger charge is 2.15. The minimum absolute atomic E-state index is 0.0239. The molecule has 2 amide bonds. The number of hydrogen-bond donors (Lipinski definition) is 4. The van der Waals surface area contributed by atoms with E-state index in [1.54, 1.807) is 6.92 Å². The molecule has 0 saturated heterocycles. The summed E-state index contributed by atoms with van der Waals surface area (Å²) >= 11 is 0. The first-order valence-corrected chi connectivity index (χ1v) is 3.91. The van der Waals surface area contributed by atoms with Gasteiger partial charge < -0.3 is 21.5 Å². The molecule has 0 aliphatic heterocycles. The van der Waals surface area contributed by atoms with Gasteiger partial charge in [0, 0.05) is 13.6 Å². The number of aliphatic hydroxyl groups excluding tert-OH is 1. The Morgan fingerprint density at radius 3 is 2.46 bits per heavy atom. The maximum Gasteiger partial charge on any atom is 0.247 e. The van der Waals surface area contributed by atoms with Gasteiger partial charge in [0.05, 0.1) is 6.04 Å². The quantitative estimate of drug-likeness (QED) is 0.385. The van der Waals surface area contributed by atoms with Crippen molar-refractivity contribution in [2.24, 2.45) is 5.73 Å². The smallest absolute Gasteiger partial charge is 0.247 e. The first-order chi connectivity index (χ1) is 5.99. The Balaban J connectivity index is 3.76. The van der Waals surface area contributed by atoms with Crippen LogP contribution in [0.25, 0.3) is 0 Å². The summed E-state index contributed by atoms with van der Waals surface area (Å²) in [6.07, 6.45) is -1.26. The molecule has 2 unspecified atom stereocenters. The van der Waals surface area contributed by atoms with Crippen molar-refractivity contribution in [3.05, 3.63) is 0 Å². The van der Waals surface area contributed by atoms with Crippen LogP contribution >= 0.6 is 0 Å². The van der Waals surface area contributed by atoms with E-state index in [4.69, 9.17) is 10.8 Å². The molecule has 0 saturated carbocycles. The van der Waals surface area contributed by atoms with E-state index in [1.807, 2.05) is 0 Å². The summed E-state index contributed by atoms with van der Waals surface area (Å²) < 4.78 is 0. The minimum Gasteiger partial charge on any atom is -0.382 e. The third kappa shape index (κ3) is 4.44. The number of carbonyl (C=O) groups is 2. The van der Waals surface area contributed by atoms with Crippen LogP contribution in [0.4, 0.5) is 0 Å². The van der Waals surface area contributed by atoms with Crippen molar-refractivity contribution in [1.82, 2.24) is 10.6 Å². The van der Waals surface area contributed by atoms with Crippen LogP contribution in [0.5, 0.6) is 0 Å². The van der Waals surface area contributed by atoms with Crippen molar-refractivity contribution in [1.29, 1.82) is 0 Å². The molecule has 0 aliphatic carbocycles. The number of likely N-dealkylation sites (N-methyl/N-ethyl adjacent to an activating group) is 1. The maximum atomic E-state index is 10.9. The fourth-order valence-electron chi connectivity index (χ4n) is 0.698. The van der Waals surface area contributed by atoms with Crippen LogP contribution in [-0.2, 0) is 9.59 Å². The van der Waals surface area contributed by atoms with Crippen LogP contribution in [0.3, 0.4) is 0 Å². The van der Waals surface area contributed by atoms with E-state index in [1.165, 1.54) is 7.05 Å². The first-order valence-electron chi connectivity index (χ1n) is 3.91. The average Bonchev–Trinajstić information content (AvgIpc) is 2.11. The Labute approximate surface area is 76.5 Å². The summed E-state index contributed by atoms with van der Waals surface area (Å²) in [4.78, 5) is 21.3. The van der Waals surface area contributed by atoms with E-state index in [2.05, 4.69) is 10.6 Å². The second-order valence-corrected chi connectivity index (χ2v) is 2.66. The number of carbonyl (C=O) groups excluding carboxylic acids is 2. The predicted molar refractivity (Wildman–Crippen MR) is 46.7 cm³/mol. The lowest BCUT2D eigenvalue weighted by Gasteiger charge is -2.13. The molecule has 0 aromatic heterocycles. The number of hydrogen-bond acceptors (Lipinski definition) is 4. The molecule has 6 nitrogen and oxygen atoms in total. The topological polar surface area (TPSA) is 104 Å². The number of aliphatic hydroxyl groups is 1. The standard InChI is InChI=1S/C7H15N3O3/c1-4(7(13)9-2)10-3-5(11)6(8)12/h4-5,10-11H,3H2,1-2H3,(H2,8,12)(H,9,13). The summed E-state index contributed by atoms with van der Waals surface area (Å²) in [5, 5.41) is 14.0. The molecule has 6 heteroatoms. The molecule has 2 atom stereocenters. The lowest BCUT2D eigenvalue weighted by molar-refractivity contribution is -0.127. The Kier molecular flexibility index (Phi) is 5.01. The van der Waals surface area contributed by atoms with Crippen molar-refractivity contribution in [2.45, 2.75) is 19.1 Å². The molecule has 76 valence electrons. The van der Waals surface area contributed by atoms with Crippen molar-refractivity contribution in [3.63, 3.8) is 0 Å². The van der Waals surface area contributed by atoms with Gasteiger partial charge in [-0.15, -0.1) is 0 Å². The summed E-state index contributed by atoms with van der Waals surface area (Å²) in [6, 6.07) is -0.459. The molecular formula is C7H15N3O3. The summed E-state index contributed by atoms with van der Waals surface area (Å²) in [5.41, 5.74) is 4.80. The molecule has 0 radical (unpaired) electrons. The zero-order valence-corrected chi connectivity index (χ0v) is 7.70. The van der Waals surface area contributed by atoms with Crippen molar-refractivity contribution in [2.75, 3.05) is 13.6 Å². The second-order valence-electron chi connectivity index (χ2n) is 2.66. The summed E-state index contributed by atoms with van der Waals surface area (Å²) in [6.45, 7) is 1.59. The molecule has 5 N–H and O–H groups in total. The molecule has 0 spiro atoms. The Morgan fingerprint density at radius 1 is 1.54 bits per heavy atom. The molecule has 0 aromatic carbocycles. The molecule has 13 heavy (non-hydrogen) atoms. The van der Waals surface area contributed by atoms with Crippen LogP contribution in [0.15, 0.2) is 0 Å². The molecule has 0 heterocycles. The molecule has 0 rings (SSSR count). The molecule has 0 aliphatic rings. The van der Waals surface area contributed by atoms with Crippen LogP contribution in [0, 0.1) is 0 Å². The zero-order valence-electron chi connectivity index (χ0n) is 7.70. The van der Waals surface area contributed by atoms with Crippen molar-refractivity contribution in [3.8, 4) is 0 Å². The highest BCUT2D eigenvalue weighted by Crippen LogP contribution is 1.83. The Bertz CT molecular complexity index is 195. The zero-order chi connectivity index (χ0) is 10.4. The maximum absolute atomic E-state index is 10.9. The molecule has 0 aromatic rings. The number of rotatable bonds is 5. The summed E-state index contributed by atoms with van der Waals surface area (Å²) in [7, 11) is 1.50. The Morgan fingerprint density at radius 2 is 2.08 bits per heavy atom. The third-order valence-electron chi connectivity index (χ3n) is 1.59. The fraction of sp³-hybridized carbons (Fsp3) is 0.714. The van der Waals surface area contributed by atoms with Gasteiger partial charge in [-0.2, -0.15) is 0 Å². The Hall–Kier alpha value is -1.14. The van der Waals surface area contributed by atoms with Gasteiger partial charge in [0.25, 0.3) is 0 Å². The van der Waals surface area contributed by atoms with Gasteiger partial charge in [0.15, 0.2) is 0 Å². The van der Waals surface area contributed by atoms with Crippen molar-refractivity contribution >= 4 is 11.8 Å². The van der Waals surface area contributed by atoms with E-state index in [0.717, 1.165) is 0 Å². The fourth-order valence-corrected chi connectivity index (χ4v) is 0.698. The van der Waals surface area contributed by atoms with E-state index < -0.39 is 18.1 Å². The highest BCUT2D eigenvalue weighted by molar-refractivity contribution is 5.81. The van der Waals surface area contributed by atoms with E-state index >= 15 is 0 Å². The van der Waals surface area contributed by atoms with Gasteiger partial charge in [-0.1, -0.05) is 0 Å². The normalized spacial score (nSPS) is 14.7. The van der Waals surface area contributed by atoms with Gasteiger partial charge in [-0.25, -0.2) is 0 Å². The lowest BCUT2D eigenvalue weighted by atomic mass is 10.2. The van der Waals surface area contributed by atoms with Gasteiger partial charge in [-0.05, 0) is 6.92 Å². The van der Waals surface area contributed by atoms with Gasteiger partial charge in [0.1, 0.15) is 6.10 Å². The minimum atomic E-state index is -1.26. The van der Waals surface area contributed by atoms with Gasteiger partial charge in [0.2, 0.25) is 11.8 Å².